The van der Waals surface area contributed by atoms with Crippen molar-refractivity contribution in [2.24, 2.45) is 5.92 Å². The van der Waals surface area contributed by atoms with E-state index in [0.29, 0.717) is 24.0 Å². The number of hydrogen-bond donors (Lipinski definition) is 2. The number of benzene rings is 3. The van der Waals surface area contributed by atoms with E-state index < -0.39 is 0 Å². The molecule has 1 aliphatic heterocycles. The van der Waals surface area contributed by atoms with Gasteiger partial charge in [0.05, 0.1) is 0 Å². The van der Waals surface area contributed by atoms with E-state index >= 15 is 0 Å². The van der Waals surface area contributed by atoms with E-state index in [-0.39, 0.29) is 5.92 Å². The maximum Gasteiger partial charge on any atom is 0.120 e. The summed E-state index contributed by atoms with van der Waals surface area (Å²) in [5.41, 5.74) is 6.60. The molecule has 3 aromatic rings. The molecule has 1 saturated heterocycles. The molecule has 0 amide bonds. The molecule has 2 aliphatic rings. The van der Waals surface area contributed by atoms with E-state index in [4.69, 9.17) is 0 Å². The van der Waals surface area contributed by atoms with Crippen molar-refractivity contribution in [2.75, 3.05) is 31.1 Å². The van der Waals surface area contributed by atoms with Crippen LogP contribution < -0.4 is 10.2 Å². The Hall–Kier alpha value is -3.11. The van der Waals surface area contributed by atoms with Crippen LogP contribution in [0, 0.1) is 5.92 Å². The SMILES string of the molecule is CC.CCCNCCC.O=CCC1CCN(c2ccc(C3c4ccc(O)cc4CCC3c3ccccc3)cc2)CC1. The number of nitrogens with zero attached hydrogens (tertiary/aromatic N) is 1. The third-order valence-electron chi connectivity index (χ3n) is 8.33. The number of nitrogens with one attached hydrogen (secondary N) is 1. The highest BCUT2D eigenvalue weighted by Gasteiger charge is 2.32. The van der Waals surface area contributed by atoms with Crippen molar-refractivity contribution in [2.45, 2.75) is 84.5 Å². The molecular weight excluding hydrogens is 504 g/mol. The second-order valence-electron chi connectivity index (χ2n) is 11.1. The first-order chi connectivity index (χ1) is 20.1. The first kappa shape index (κ1) is 32.4. The van der Waals surface area contributed by atoms with Gasteiger partial charge in [-0.2, -0.15) is 0 Å². The summed E-state index contributed by atoms with van der Waals surface area (Å²) >= 11 is 0. The highest BCUT2D eigenvalue weighted by Crippen LogP contribution is 2.47. The fourth-order valence-electron chi connectivity index (χ4n) is 6.21. The maximum atomic E-state index is 10.8. The largest absolute Gasteiger partial charge is 0.508 e. The number of phenols is 1. The highest BCUT2D eigenvalue weighted by molar-refractivity contribution is 5.53. The van der Waals surface area contributed by atoms with Gasteiger partial charge in [0.25, 0.3) is 0 Å². The van der Waals surface area contributed by atoms with E-state index in [1.807, 2.05) is 26.0 Å². The maximum absolute atomic E-state index is 10.8. The van der Waals surface area contributed by atoms with E-state index in [2.05, 4.69) is 84.7 Å². The van der Waals surface area contributed by atoms with Crippen LogP contribution >= 0.6 is 0 Å². The van der Waals surface area contributed by atoms with Crippen molar-refractivity contribution < 1.29 is 9.90 Å². The second kappa shape index (κ2) is 17.6. The van der Waals surface area contributed by atoms with Gasteiger partial charge in [-0.05, 0) is 110 Å². The van der Waals surface area contributed by atoms with Crippen LogP contribution in [0.5, 0.6) is 5.75 Å². The van der Waals surface area contributed by atoms with Crippen molar-refractivity contribution in [3.05, 3.63) is 95.1 Å². The molecule has 2 atom stereocenters. The lowest BCUT2D eigenvalue weighted by atomic mass is 9.69. The van der Waals surface area contributed by atoms with Crippen LogP contribution in [0.25, 0.3) is 0 Å². The molecule has 2 N–H and O–H groups in total. The minimum Gasteiger partial charge on any atom is -0.508 e. The molecule has 4 heteroatoms. The summed E-state index contributed by atoms with van der Waals surface area (Å²) in [5.74, 6) is 1.62. The van der Waals surface area contributed by atoms with Gasteiger partial charge in [-0.25, -0.2) is 0 Å². The number of rotatable bonds is 9. The molecule has 222 valence electrons. The summed E-state index contributed by atoms with van der Waals surface area (Å²) in [4.78, 5) is 13.3. The van der Waals surface area contributed by atoms with Gasteiger partial charge in [0.15, 0.2) is 0 Å². The number of hydrogen-bond acceptors (Lipinski definition) is 4. The minimum atomic E-state index is 0.286. The summed E-state index contributed by atoms with van der Waals surface area (Å²) in [6.45, 7) is 12.8. The molecule has 1 heterocycles. The fraction of sp³-hybridized carbons (Fsp3) is 0.486. The first-order valence-electron chi connectivity index (χ1n) is 16.0. The average Bonchev–Trinajstić information content (AvgIpc) is 3.03. The molecule has 1 aliphatic carbocycles. The summed E-state index contributed by atoms with van der Waals surface area (Å²) in [7, 11) is 0. The van der Waals surface area contributed by atoms with Gasteiger partial charge >= 0.3 is 0 Å². The summed E-state index contributed by atoms with van der Waals surface area (Å²) in [5, 5.41) is 13.3. The molecule has 0 bridgehead atoms. The normalized spacial score (nSPS) is 18.3. The molecule has 41 heavy (non-hydrogen) atoms. The molecule has 4 nitrogen and oxygen atoms in total. The Kier molecular flexibility index (Phi) is 13.9. The molecule has 0 aromatic heterocycles. The first-order valence-corrected chi connectivity index (χ1v) is 16.0. The molecule has 0 spiro atoms. The molecule has 1 fully saturated rings. The Morgan fingerprint density at radius 2 is 1.51 bits per heavy atom. The van der Waals surface area contributed by atoms with Gasteiger partial charge in [0, 0.05) is 31.1 Å². The van der Waals surface area contributed by atoms with Gasteiger partial charge in [-0.1, -0.05) is 76.2 Å². The molecule has 3 aromatic carbocycles. The number of carbonyl (C=O) groups excluding carboxylic acids is 1. The molecule has 0 radical (unpaired) electrons. The predicted molar refractivity (Wildman–Crippen MR) is 174 cm³/mol. The highest BCUT2D eigenvalue weighted by atomic mass is 16.3. The Labute approximate surface area is 249 Å². The van der Waals surface area contributed by atoms with Crippen molar-refractivity contribution in [1.82, 2.24) is 5.32 Å². The average molecular weight is 557 g/mol. The van der Waals surface area contributed by atoms with Crippen LogP contribution in [-0.2, 0) is 11.2 Å². The molecule has 5 rings (SSSR count). The van der Waals surface area contributed by atoms with Crippen LogP contribution in [0.1, 0.15) is 100 Å². The molecule has 2 unspecified atom stereocenters. The van der Waals surface area contributed by atoms with Crippen molar-refractivity contribution in [3.8, 4) is 5.75 Å². The van der Waals surface area contributed by atoms with Crippen LogP contribution in [-0.4, -0.2) is 37.6 Å². The summed E-state index contributed by atoms with van der Waals surface area (Å²) < 4.78 is 0. The Morgan fingerprint density at radius 1 is 0.854 bits per heavy atom. The van der Waals surface area contributed by atoms with E-state index in [1.54, 1.807) is 0 Å². The zero-order valence-corrected chi connectivity index (χ0v) is 25.8. The van der Waals surface area contributed by atoms with Gasteiger partial charge in [0.2, 0.25) is 0 Å². The quantitative estimate of drug-likeness (QED) is 0.205. The number of piperidine rings is 1. The number of aldehydes is 1. The minimum absolute atomic E-state index is 0.286. The van der Waals surface area contributed by atoms with E-state index in [9.17, 15) is 9.90 Å². The molecular formula is C37H52N2O2. The smallest absolute Gasteiger partial charge is 0.120 e. The number of aryl methyl sites for hydroxylation is 1. The number of fused-ring (bicyclic) bond motifs is 1. The van der Waals surface area contributed by atoms with E-state index in [1.165, 1.54) is 53.9 Å². The zero-order valence-electron chi connectivity index (χ0n) is 25.8. The summed E-state index contributed by atoms with van der Waals surface area (Å²) in [6, 6.07) is 25.9. The number of carbonyl (C=O) groups is 1. The van der Waals surface area contributed by atoms with E-state index in [0.717, 1.165) is 45.1 Å². The topological polar surface area (TPSA) is 52.6 Å². The lowest BCUT2D eigenvalue weighted by Gasteiger charge is -2.36. The van der Waals surface area contributed by atoms with Crippen molar-refractivity contribution in [3.63, 3.8) is 0 Å². The van der Waals surface area contributed by atoms with Gasteiger partial charge in [-0.15, -0.1) is 0 Å². The monoisotopic (exact) mass is 556 g/mol. The second-order valence-corrected chi connectivity index (χ2v) is 11.1. The predicted octanol–water partition coefficient (Wildman–Crippen LogP) is 8.48. The zero-order chi connectivity index (χ0) is 29.5. The summed E-state index contributed by atoms with van der Waals surface area (Å²) in [6.07, 6.45) is 8.53. The van der Waals surface area contributed by atoms with Crippen LogP contribution in [0.4, 0.5) is 5.69 Å². The number of aromatic hydroxyl groups is 1. The Morgan fingerprint density at radius 3 is 2.12 bits per heavy atom. The standard InChI is InChI=1S/C29H31NO2.C6H15N.C2H6/c31-19-16-21-14-17-30(18-15-21)25-9-6-23(7-10-25)29-27(22-4-2-1-3-5-22)12-8-24-20-26(32)11-13-28(24)29;1-3-5-7-6-4-2;1-2/h1-7,9-11,13,19-21,27,29,32H,8,12,14-18H2;7H,3-6H2,1-2H3;1-2H3. The lowest BCUT2D eigenvalue weighted by molar-refractivity contribution is -0.108. The lowest BCUT2D eigenvalue weighted by Crippen LogP contribution is -2.33. The Bertz CT molecular complexity index is 1130. The number of anilines is 1. The van der Waals surface area contributed by atoms with Crippen LogP contribution in [0.2, 0.25) is 0 Å². The van der Waals surface area contributed by atoms with Crippen molar-refractivity contribution >= 4 is 12.0 Å². The van der Waals surface area contributed by atoms with Gasteiger partial charge in [0.1, 0.15) is 12.0 Å². The third-order valence-corrected chi connectivity index (χ3v) is 8.33. The molecule has 0 saturated carbocycles. The van der Waals surface area contributed by atoms with Gasteiger partial charge in [-0.3, -0.25) is 0 Å². The number of phenolic OH excluding ortho intramolecular Hbond substituents is 1. The fourth-order valence-corrected chi connectivity index (χ4v) is 6.21. The Balaban J connectivity index is 0.000000452. The van der Waals surface area contributed by atoms with Crippen LogP contribution in [0.3, 0.4) is 0 Å². The van der Waals surface area contributed by atoms with Gasteiger partial charge < -0.3 is 20.1 Å². The third kappa shape index (κ3) is 9.19. The van der Waals surface area contributed by atoms with Crippen LogP contribution in [0.15, 0.2) is 72.8 Å². The van der Waals surface area contributed by atoms with Crippen molar-refractivity contribution in [1.29, 1.82) is 0 Å².